The molecule has 8 heteroatoms. The molecule has 1 aromatic heterocycles. The molecule has 1 aliphatic rings. The molecule has 6 nitrogen and oxygen atoms in total. The third kappa shape index (κ3) is 2.50. The highest BCUT2D eigenvalue weighted by Crippen LogP contribution is 2.63. The number of nitrogens with one attached hydrogen (secondary N) is 1. The Kier molecular flexibility index (Phi) is 3.81. The van der Waals surface area contributed by atoms with E-state index in [2.05, 4.69) is 4.98 Å². The number of halogens is 1. The maximum atomic E-state index is 13.4. The molecule has 0 amide bonds. The maximum absolute atomic E-state index is 13.4. The quantitative estimate of drug-likeness (QED) is 0.541. The van der Waals surface area contributed by atoms with Gasteiger partial charge in [0.05, 0.1) is 10.9 Å². The number of hydrogen-bond donors (Lipinski definition) is 4. The predicted octanol–water partition coefficient (Wildman–Crippen LogP) is 4.46. The van der Waals surface area contributed by atoms with E-state index in [0.717, 1.165) is 16.5 Å². The van der Waals surface area contributed by atoms with E-state index >= 15 is 0 Å². The summed E-state index contributed by atoms with van der Waals surface area (Å²) >= 11 is 0. The van der Waals surface area contributed by atoms with Crippen LogP contribution in [0.4, 0.5) is 4.39 Å². The minimum Gasteiger partial charge on any atom is -0.480 e. The summed E-state index contributed by atoms with van der Waals surface area (Å²) in [5.41, 5.74) is 3.05. The van der Waals surface area contributed by atoms with Crippen LogP contribution in [0.3, 0.4) is 0 Å². The molecule has 4 N–H and O–H groups in total. The average molecular weight is 376 g/mol. The standard InChI is InChI=1S/C18H17FN2O4S/c1-10-14-6-11(15-8-20-16-7-12(19)3-4-13(15)16)2-5-17(14)26(24,25)21(10)9-18(22)23/h2-8,10,20,24-25H,9H2,1H3,(H,22,23). The monoisotopic (exact) mass is 376 g/mol. The van der Waals surface area contributed by atoms with E-state index in [9.17, 15) is 18.3 Å². The van der Waals surface area contributed by atoms with Gasteiger partial charge < -0.3 is 10.1 Å². The summed E-state index contributed by atoms with van der Waals surface area (Å²) in [4.78, 5) is 14.5. The second-order valence-electron chi connectivity index (χ2n) is 6.31. The Morgan fingerprint density at radius 1 is 1.27 bits per heavy atom. The zero-order valence-corrected chi connectivity index (χ0v) is 14.6. The Balaban J connectivity index is 1.81. The summed E-state index contributed by atoms with van der Waals surface area (Å²) in [6.45, 7) is 1.29. The second kappa shape index (κ2) is 5.82. The number of fused-ring (bicyclic) bond motifs is 2. The SMILES string of the molecule is CC1c2cc(-c3c[nH]c4cc(F)ccc34)ccc2S(O)(O)N1CC(=O)O. The van der Waals surface area contributed by atoms with Crippen molar-refractivity contribution in [2.24, 2.45) is 0 Å². The molecule has 3 aromatic rings. The largest absolute Gasteiger partial charge is 0.480 e. The number of aromatic nitrogens is 1. The van der Waals surface area contributed by atoms with Gasteiger partial charge in [0.25, 0.3) is 0 Å². The summed E-state index contributed by atoms with van der Waals surface area (Å²) in [5.74, 6) is -1.45. The van der Waals surface area contributed by atoms with Gasteiger partial charge in [-0.25, -0.2) is 4.39 Å². The normalized spacial score (nSPS) is 20.2. The molecule has 4 rings (SSSR count). The van der Waals surface area contributed by atoms with Crippen LogP contribution in [0.25, 0.3) is 22.0 Å². The van der Waals surface area contributed by atoms with Crippen LogP contribution in [0.2, 0.25) is 0 Å². The third-order valence-corrected chi connectivity index (χ3v) is 6.82. The summed E-state index contributed by atoms with van der Waals surface area (Å²) in [6, 6.07) is 9.27. The first-order chi connectivity index (χ1) is 12.3. The van der Waals surface area contributed by atoms with E-state index in [1.165, 1.54) is 16.4 Å². The van der Waals surface area contributed by atoms with Crippen molar-refractivity contribution < 1.29 is 23.4 Å². The van der Waals surface area contributed by atoms with Crippen molar-refractivity contribution in [2.75, 3.05) is 6.54 Å². The summed E-state index contributed by atoms with van der Waals surface area (Å²) in [7, 11) is -3.33. The zero-order valence-electron chi connectivity index (χ0n) is 13.8. The Hall–Kier alpha value is -2.39. The molecule has 0 radical (unpaired) electrons. The van der Waals surface area contributed by atoms with Crippen LogP contribution in [0.15, 0.2) is 47.5 Å². The third-order valence-electron chi connectivity index (χ3n) is 4.76. The predicted molar refractivity (Wildman–Crippen MR) is 97.6 cm³/mol. The smallest absolute Gasteiger partial charge is 0.319 e. The van der Waals surface area contributed by atoms with Gasteiger partial charge in [-0.15, -0.1) is 10.8 Å². The molecule has 0 saturated carbocycles. The van der Waals surface area contributed by atoms with Gasteiger partial charge in [0.15, 0.2) is 0 Å². The molecule has 136 valence electrons. The second-order valence-corrected chi connectivity index (χ2v) is 8.26. The number of H-pyrrole nitrogens is 1. The molecular formula is C18H17FN2O4S. The lowest BCUT2D eigenvalue weighted by Gasteiger charge is -2.37. The Morgan fingerprint density at radius 3 is 2.77 bits per heavy atom. The first-order valence-electron chi connectivity index (χ1n) is 7.97. The van der Waals surface area contributed by atoms with Gasteiger partial charge in [-0.1, -0.05) is 6.07 Å². The van der Waals surface area contributed by atoms with E-state index in [4.69, 9.17) is 5.11 Å². The molecule has 1 aliphatic heterocycles. The lowest BCUT2D eigenvalue weighted by Crippen LogP contribution is -2.30. The van der Waals surface area contributed by atoms with Crippen LogP contribution in [-0.2, 0) is 4.79 Å². The van der Waals surface area contributed by atoms with Crippen molar-refractivity contribution in [1.29, 1.82) is 0 Å². The molecule has 0 aliphatic carbocycles. The fourth-order valence-corrected chi connectivity index (χ4v) is 5.39. The molecular weight excluding hydrogens is 359 g/mol. The summed E-state index contributed by atoms with van der Waals surface area (Å²) in [5, 5.41) is 9.92. The molecule has 1 unspecified atom stereocenters. The number of carbonyl (C=O) groups is 1. The number of nitrogens with zero attached hydrogens (tertiary/aromatic N) is 1. The topological polar surface area (TPSA) is 96.8 Å². The van der Waals surface area contributed by atoms with E-state index in [0.29, 0.717) is 16.0 Å². The number of carboxylic acid groups (broad SMARTS) is 1. The summed E-state index contributed by atoms with van der Waals surface area (Å²) < 4.78 is 35.6. The van der Waals surface area contributed by atoms with Gasteiger partial charge >= 0.3 is 5.97 Å². The fourth-order valence-electron chi connectivity index (χ4n) is 3.49. The van der Waals surface area contributed by atoms with E-state index in [1.807, 2.05) is 6.07 Å². The highest BCUT2D eigenvalue weighted by molar-refractivity contribution is 8.22. The van der Waals surface area contributed by atoms with Crippen LogP contribution < -0.4 is 0 Å². The van der Waals surface area contributed by atoms with Crippen molar-refractivity contribution in [2.45, 2.75) is 17.9 Å². The zero-order chi connectivity index (χ0) is 18.6. The van der Waals surface area contributed by atoms with E-state index < -0.39 is 29.3 Å². The van der Waals surface area contributed by atoms with Gasteiger partial charge in [0.1, 0.15) is 12.4 Å². The first-order valence-corrected chi connectivity index (χ1v) is 9.47. The molecule has 2 aromatic carbocycles. The van der Waals surface area contributed by atoms with Gasteiger partial charge in [-0.3, -0.25) is 13.9 Å². The van der Waals surface area contributed by atoms with E-state index in [1.54, 1.807) is 31.3 Å². The van der Waals surface area contributed by atoms with Gasteiger partial charge in [-0.05, 0) is 48.4 Å². The number of rotatable bonds is 3. The number of carboxylic acids is 1. The van der Waals surface area contributed by atoms with Crippen LogP contribution in [0.1, 0.15) is 18.5 Å². The number of aliphatic carboxylic acids is 1. The van der Waals surface area contributed by atoms with Crippen molar-refractivity contribution in [3.8, 4) is 11.1 Å². The highest BCUT2D eigenvalue weighted by atomic mass is 32.3. The molecule has 26 heavy (non-hydrogen) atoms. The number of benzene rings is 2. The van der Waals surface area contributed by atoms with Crippen molar-refractivity contribution in [3.63, 3.8) is 0 Å². The molecule has 1 atom stereocenters. The Bertz CT molecular complexity index is 1030. The lowest BCUT2D eigenvalue weighted by molar-refractivity contribution is -0.137. The molecule has 0 spiro atoms. The minimum absolute atomic E-state index is 0.327. The molecule has 0 fully saturated rings. The van der Waals surface area contributed by atoms with Crippen LogP contribution >= 0.6 is 10.8 Å². The van der Waals surface area contributed by atoms with E-state index in [-0.39, 0.29) is 5.82 Å². The van der Waals surface area contributed by atoms with Crippen LogP contribution in [0.5, 0.6) is 0 Å². The molecule has 2 heterocycles. The molecule has 0 bridgehead atoms. The van der Waals surface area contributed by atoms with Crippen molar-refractivity contribution in [1.82, 2.24) is 9.29 Å². The van der Waals surface area contributed by atoms with Crippen molar-refractivity contribution >= 4 is 27.6 Å². The highest BCUT2D eigenvalue weighted by Gasteiger charge is 2.41. The maximum Gasteiger partial charge on any atom is 0.319 e. The fraction of sp³-hybridized carbons (Fsp3) is 0.167. The van der Waals surface area contributed by atoms with Crippen molar-refractivity contribution in [3.05, 3.63) is 54.0 Å². The van der Waals surface area contributed by atoms with Crippen LogP contribution in [0, 0.1) is 5.82 Å². The summed E-state index contributed by atoms with van der Waals surface area (Å²) in [6.07, 6.45) is 1.78. The Labute approximate surface area is 150 Å². The van der Waals surface area contributed by atoms with Gasteiger partial charge in [0.2, 0.25) is 0 Å². The molecule has 0 saturated heterocycles. The minimum atomic E-state index is -3.33. The number of hydrogen-bond acceptors (Lipinski definition) is 4. The average Bonchev–Trinajstić information content (AvgIpc) is 3.07. The van der Waals surface area contributed by atoms with Gasteiger partial charge in [-0.2, -0.15) is 4.31 Å². The first kappa shape index (κ1) is 17.0. The lowest BCUT2D eigenvalue weighted by atomic mass is 9.99. The van der Waals surface area contributed by atoms with Crippen LogP contribution in [-0.4, -0.2) is 36.0 Å². The Morgan fingerprint density at radius 2 is 2.04 bits per heavy atom. The van der Waals surface area contributed by atoms with Gasteiger partial charge in [0, 0.05) is 22.7 Å². The number of aromatic amines is 1.